The molecule has 3 aromatic rings. The maximum atomic E-state index is 13.2. The molecule has 5 rings (SSSR count). The summed E-state index contributed by atoms with van der Waals surface area (Å²) in [6, 6.07) is 6.59. The molecule has 1 aliphatic heterocycles. The molecule has 1 amide bonds. The number of hydrogen-bond acceptors (Lipinski definition) is 8. The van der Waals surface area contributed by atoms with Crippen LogP contribution in [0.2, 0.25) is 5.02 Å². The lowest BCUT2D eigenvalue weighted by Crippen LogP contribution is -2.48. The highest BCUT2D eigenvalue weighted by molar-refractivity contribution is 7.91. The Labute approximate surface area is 229 Å². The summed E-state index contributed by atoms with van der Waals surface area (Å²) in [4.78, 5) is 32.8. The van der Waals surface area contributed by atoms with Crippen molar-refractivity contribution in [3.63, 3.8) is 0 Å². The molecule has 3 heterocycles. The van der Waals surface area contributed by atoms with E-state index in [9.17, 15) is 23.1 Å². The minimum atomic E-state index is -3.96. The Hall–Kier alpha value is -2.93. The number of carbonyl (C=O) groups excluding carboxylic acids is 1. The molecule has 4 N–H and O–H groups in total. The fraction of sp³-hybridized carbons (Fsp3) is 0.400. The number of hydrogen-bond donors (Lipinski definition) is 3. The Bertz CT molecular complexity index is 1510. The van der Waals surface area contributed by atoms with Crippen molar-refractivity contribution in [1.82, 2.24) is 14.6 Å². The summed E-state index contributed by atoms with van der Waals surface area (Å²) < 4.78 is 28.8. The first-order valence-corrected chi connectivity index (χ1v) is 14.9. The Balaban J connectivity index is 1.31. The molecule has 13 heteroatoms. The number of sulfonamides is 1. The van der Waals surface area contributed by atoms with Gasteiger partial charge in [-0.25, -0.2) is 18.2 Å². The van der Waals surface area contributed by atoms with Crippen molar-refractivity contribution in [2.24, 2.45) is 0 Å². The molecule has 2 aromatic heterocycles. The molecule has 202 valence electrons. The molecular formula is C25H28ClN5O5S2. The van der Waals surface area contributed by atoms with Crippen LogP contribution in [0, 0.1) is 0 Å². The van der Waals surface area contributed by atoms with E-state index >= 15 is 0 Å². The van der Waals surface area contributed by atoms with E-state index in [2.05, 4.69) is 14.6 Å². The second-order valence-electron chi connectivity index (χ2n) is 9.70. The zero-order valence-electron chi connectivity index (χ0n) is 20.6. The number of likely N-dealkylation sites (tertiary alicyclic amines) is 1. The maximum absolute atomic E-state index is 13.2. The van der Waals surface area contributed by atoms with E-state index in [4.69, 9.17) is 17.3 Å². The summed E-state index contributed by atoms with van der Waals surface area (Å²) in [7, 11) is -2.00. The van der Waals surface area contributed by atoms with Gasteiger partial charge < -0.3 is 20.6 Å². The highest BCUT2D eigenvalue weighted by Gasteiger charge is 2.41. The van der Waals surface area contributed by atoms with Gasteiger partial charge in [0.2, 0.25) is 5.91 Å². The number of fused-ring (bicyclic) bond motifs is 1. The number of nitrogens with two attached hydrogens (primary N) is 1. The minimum Gasteiger partial charge on any atom is -0.480 e. The molecule has 2 aliphatic rings. The van der Waals surface area contributed by atoms with Crippen molar-refractivity contribution in [2.75, 3.05) is 24.2 Å². The van der Waals surface area contributed by atoms with Crippen LogP contribution in [0.15, 0.2) is 40.7 Å². The van der Waals surface area contributed by atoms with Crippen molar-refractivity contribution in [3.8, 4) is 0 Å². The van der Waals surface area contributed by atoms with Crippen LogP contribution in [0.4, 0.5) is 10.8 Å². The van der Waals surface area contributed by atoms with Gasteiger partial charge in [0.15, 0.2) is 0 Å². The summed E-state index contributed by atoms with van der Waals surface area (Å²) in [5.41, 5.74) is 6.45. The van der Waals surface area contributed by atoms with Crippen LogP contribution in [0.3, 0.4) is 0 Å². The molecule has 2 atom stereocenters. The van der Waals surface area contributed by atoms with Crippen molar-refractivity contribution >= 4 is 66.4 Å². The molecule has 10 nitrogen and oxygen atoms in total. The summed E-state index contributed by atoms with van der Waals surface area (Å²) in [5, 5.41) is 12.5. The van der Waals surface area contributed by atoms with Crippen molar-refractivity contribution in [3.05, 3.63) is 47.1 Å². The highest BCUT2D eigenvalue weighted by atomic mass is 35.5. The van der Waals surface area contributed by atoms with Crippen molar-refractivity contribution in [2.45, 2.75) is 54.4 Å². The Morgan fingerprint density at radius 2 is 2.08 bits per heavy atom. The molecular weight excluding hydrogens is 550 g/mol. The zero-order valence-corrected chi connectivity index (χ0v) is 23.0. The van der Waals surface area contributed by atoms with Crippen molar-refractivity contribution < 1.29 is 23.1 Å². The number of carboxylic acids is 1. The summed E-state index contributed by atoms with van der Waals surface area (Å²) >= 11 is 7.59. The van der Waals surface area contributed by atoms with Gasteiger partial charge in [-0.3, -0.25) is 4.79 Å². The van der Waals surface area contributed by atoms with Crippen LogP contribution >= 0.6 is 22.9 Å². The maximum Gasteiger partial charge on any atom is 0.326 e. The van der Waals surface area contributed by atoms with Gasteiger partial charge in [0.05, 0.1) is 5.00 Å². The molecule has 1 saturated heterocycles. The molecule has 0 radical (unpaired) electrons. The largest absolute Gasteiger partial charge is 0.480 e. The number of rotatable bonds is 9. The van der Waals surface area contributed by atoms with E-state index in [-0.39, 0.29) is 23.6 Å². The predicted molar refractivity (Wildman–Crippen MR) is 147 cm³/mol. The zero-order chi connectivity index (χ0) is 27.2. The number of amides is 1. The molecule has 1 aliphatic carbocycles. The van der Waals surface area contributed by atoms with E-state index in [1.54, 1.807) is 36.5 Å². The first-order chi connectivity index (χ1) is 18.0. The van der Waals surface area contributed by atoms with Crippen LogP contribution in [0.5, 0.6) is 0 Å². The van der Waals surface area contributed by atoms with E-state index in [0.717, 1.165) is 34.6 Å². The second kappa shape index (κ2) is 10.3. The van der Waals surface area contributed by atoms with Crippen molar-refractivity contribution in [1.29, 1.82) is 0 Å². The van der Waals surface area contributed by atoms with E-state index in [1.807, 2.05) is 7.05 Å². The fourth-order valence-electron chi connectivity index (χ4n) is 4.92. The minimum absolute atomic E-state index is 0.0423. The number of thiophene rings is 1. The summed E-state index contributed by atoms with van der Waals surface area (Å²) in [5.74, 6) is -1.47. The molecule has 0 bridgehead atoms. The van der Waals surface area contributed by atoms with Crippen LogP contribution < -0.4 is 15.4 Å². The van der Waals surface area contributed by atoms with E-state index in [0.29, 0.717) is 27.8 Å². The highest BCUT2D eigenvalue weighted by Crippen LogP contribution is 2.35. The van der Waals surface area contributed by atoms with Gasteiger partial charge in [-0.1, -0.05) is 11.6 Å². The number of nitrogens with zero attached hydrogens (tertiary/aromatic N) is 3. The van der Waals surface area contributed by atoms with E-state index < -0.39 is 34.0 Å². The number of nitrogen functional groups attached to an aromatic ring is 1. The first kappa shape index (κ1) is 26.7. The first-order valence-electron chi connectivity index (χ1n) is 12.3. The van der Waals surface area contributed by atoms with Crippen LogP contribution in [-0.4, -0.2) is 67.0 Å². The SMILES string of the molecule is CN(c1ccc(S(=O)(=O)N[C@H]2CCN([C@H](Cc3cc4ccnc(N)c4cc3Cl)C(=O)O)C2=O)s1)C1CCC1. The van der Waals surface area contributed by atoms with Gasteiger partial charge in [0.25, 0.3) is 10.0 Å². The Kier molecular flexibility index (Phi) is 7.25. The van der Waals surface area contributed by atoms with Gasteiger partial charge in [-0.05, 0) is 67.0 Å². The fourth-order valence-corrected chi connectivity index (χ4v) is 7.73. The normalized spacial score (nSPS) is 19.1. The van der Waals surface area contributed by atoms with Gasteiger partial charge in [-0.15, -0.1) is 11.3 Å². The lowest BCUT2D eigenvalue weighted by atomic mass is 9.92. The quantitative estimate of drug-likeness (QED) is 0.352. The molecule has 38 heavy (non-hydrogen) atoms. The average Bonchev–Trinajstić information content (AvgIpc) is 3.45. The molecule has 0 unspecified atom stereocenters. The molecule has 0 spiro atoms. The smallest absolute Gasteiger partial charge is 0.326 e. The number of carboxylic acid groups (broad SMARTS) is 1. The Morgan fingerprint density at radius 1 is 1.32 bits per heavy atom. The number of nitrogens with one attached hydrogen (secondary N) is 1. The standard InChI is InChI=1S/C25H28ClN5O5S2/c1-30(16-3-2-4-16)21-5-6-22(37-21)38(35,36)29-19-8-10-31(24(19)32)20(25(33)34)12-15-11-14-7-9-28-23(27)17(14)13-18(15)26/h5-7,9,11,13,16,19-20,29H,2-4,8,10,12H2,1H3,(H2,27,28)(H,33,34)/t19-,20+/m0/s1. The molecule has 1 saturated carbocycles. The number of aliphatic carboxylic acids is 1. The summed E-state index contributed by atoms with van der Waals surface area (Å²) in [6.07, 6.45) is 5.01. The monoisotopic (exact) mass is 577 g/mol. The average molecular weight is 578 g/mol. The second-order valence-corrected chi connectivity index (χ2v) is 13.1. The van der Waals surface area contributed by atoms with E-state index in [1.165, 1.54) is 11.3 Å². The van der Waals surface area contributed by atoms with Gasteiger partial charge in [-0.2, -0.15) is 4.72 Å². The number of anilines is 2. The van der Waals surface area contributed by atoms with Crippen LogP contribution in [0.1, 0.15) is 31.2 Å². The number of carbonyl (C=O) groups is 2. The number of halogens is 1. The van der Waals surface area contributed by atoms with Gasteiger partial charge in [0.1, 0.15) is 22.1 Å². The van der Waals surface area contributed by atoms with Gasteiger partial charge >= 0.3 is 5.97 Å². The number of pyridine rings is 1. The number of benzene rings is 1. The van der Waals surface area contributed by atoms with Crippen LogP contribution in [0.25, 0.3) is 10.8 Å². The molecule has 2 fully saturated rings. The third-order valence-corrected chi connectivity index (χ3v) is 10.9. The van der Waals surface area contributed by atoms with Gasteiger partial charge in [0, 0.05) is 42.7 Å². The lowest BCUT2D eigenvalue weighted by molar-refractivity contribution is -0.148. The third kappa shape index (κ3) is 5.05. The number of aromatic nitrogens is 1. The predicted octanol–water partition coefficient (Wildman–Crippen LogP) is 3.10. The Morgan fingerprint density at radius 3 is 2.76 bits per heavy atom. The summed E-state index contributed by atoms with van der Waals surface area (Å²) in [6.45, 7) is 0.102. The topological polar surface area (TPSA) is 146 Å². The lowest BCUT2D eigenvalue weighted by Gasteiger charge is -2.35. The van der Waals surface area contributed by atoms with Crippen LogP contribution in [-0.2, 0) is 26.0 Å². The third-order valence-electron chi connectivity index (χ3n) is 7.38. The molecule has 1 aromatic carbocycles.